The molecule has 3 heterocycles. The van der Waals surface area contributed by atoms with Crippen LogP contribution in [-0.4, -0.2) is 33.7 Å². The zero-order valence-corrected chi connectivity index (χ0v) is 11.9. The van der Waals surface area contributed by atoms with Crippen LogP contribution in [0.3, 0.4) is 0 Å². The molecule has 1 saturated heterocycles. The Kier molecular flexibility index (Phi) is 3.79. The molecule has 0 spiro atoms. The van der Waals surface area contributed by atoms with Gasteiger partial charge in [0.15, 0.2) is 5.69 Å². The summed E-state index contributed by atoms with van der Waals surface area (Å²) in [7, 11) is 0. The lowest BCUT2D eigenvalue weighted by atomic mass is 10.0. The normalized spacial score (nSPS) is 19.9. The van der Waals surface area contributed by atoms with E-state index in [1.807, 2.05) is 0 Å². The summed E-state index contributed by atoms with van der Waals surface area (Å²) in [4.78, 5) is 14.2. The molecule has 0 radical (unpaired) electrons. The van der Waals surface area contributed by atoms with E-state index in [0.29, 0.717) is 30.2 Å². The van der Waals surface area contributed by atoms with E-state index >= 15 is 0 Å². The number of nitrogens with zero attached hydrogens (tertiary/aromatic N) is 2. The molecular weight excluding hydrogens is 272 g/mol. The van der Waals surface area contributed by atoms with Gasteiger partial charge in [-0.05, 0) is 31.9 Å². The Bertz CT molecular complexity index is 605. The lowest BCUT2D eigenvalue weighted by molar-refractivity contribution is 0.0632. The zero-order chi connectivity index (χ0) is 14.8. The Labute approximate surface area is 122 Å². The average Bonchev–Trinajstić information content (AvgIpc) is 3.18. The molecule has 2 unspecified atom stereocenters. The molecule has 21 heavy (non-hydrogen) atoms. The van der Waals surface area contributed by atoms with E-state index in [9.17, 15) is 9.90 Å². The molecule has 0 saturated carbocycles. The van der Waals surface area contributed by atoms with Crippen LogP contribution in [0.5, 0.6) is 0 Å². The van der Waals surface area contributed by atoms with E-state index in [2.05, 4.69) is 5.16 Å². The highest BCUT2D eigenvalue weighted by molar-refractivity contribution is 5.92. The first-order chi connectivity index (χ1) is 10.1. The van der Waals surface area contributed by atoms with Gasteiger partial charge in [-0.15, -0.1) is 0 Å². The Hall–Kier alpha value is -2.08. The number of rotatable bonds is 4. The predicted octanol–water partition coefficient (Wildman–Crippen LogP) is 2.30. The molecule has 0 aromatic carbocycles. The average molecular weight is 290 g/mol. The van der Waals surface area contributed by atoms with Crippen LogP contribution >= 0.6 is 0 Å². The third kappa shape index (κ3) is 2.85. The van der Waals surface area contributed by atoms with E-state index in [1.54, 1.807) is 30.0 Å². The number of likely N-dealkylation sites (tertiary alicyclic amines) is 1. The molecule has 1 fully saturated rings. The first-order valence-corrected chi connectivity index (χ1v) is 7.11. The molecule has 112 valence electrons. The molecule has 6 heteroatoms. The van der Waals surface area contributed by atoms with Gasteiger partial charge in [-0.3, -0.25) is 4.79 Å². The molecule has 1 N–H and O–H groups in total. The summed E-state index contributed by atoms with van der Waals surface area (Å²) in [6, 6.07) is 5.12. The summed E-state index contributed by atoms with van der Waals surface area (Å²) in [6.07, 6.45) is 3.11. The number of aliphatic hydroxyl groups is 1. The Morgan fingerprint density at radius 3 is 3.14 bits per heavy atom. The van der Waals surface area contributed by atoms with Crippen molar-refractivity contribution in [2.24, 2.45) is 0 Å². The van der Waals surface area contributed by atoms with Crippen molar-refractivity contribution in [3.63, 3.8) is 0 Å². The minimum atomic E-state index is -0.697. The molecule has 3 rings (SSSR count). The monoisotopic (exact) mass is 290 g/mol. The summed E-state index contributed by atoms with van der Waals surface area (Å²) >= 11 is 0. The van der Waals surface area contributed by atoms with Gasteiger partial charge in [0.2, 0.25) is 0 Å². The van der Waals surface area contributed by atoms with Gasteiger partial charge >= 0.3 is 0 Å². The molecule has 2 aromatic rings. The maximum Gasteiger partial charge on any atom is 0.276 e. The van der Waals surface area contributed by atoms with Crippen molar-refractivity contribution in [3.05, 3.63) is 41.7 Å². The third-order valence-corrected chi connectivity index (χ3v) is 3.85. The molecule has 2 aromatic heterocycles. The summed E-state index contributed by atoms with van der Waals surface area (Å²) in [5.74, 6) is 1.01. The summed E-state index contributed by atoms with van der Waals surface area (Å²) in [5, 5.41) is 14.0. The maximum absolute atomic E-state index is 12.4. The van der Waals surface area contributed by atoms with Crippen molar-refractivity contribution in [2.75, 3.05) is 6.54 Å². The highest BCUT2D eigenvalue weighted by atomic mass is 16.5. The number of aliphatic hydroxyl groups excluding tert-OH is 1. The number of hydrogen-bond donors (Lipinski definition) is 1. The van der Waals surface area contributed by atoms with Crippen LogP contribution in [0.4, 0.5) is 0 Å². The van der Waals surface area contributed by atoms with Crippen molar-refractivity contribution in [1.29, 1.82) is 0 Å². The summed E-state index contributed by atoms with van der Waals surface area (Å²) < 4.78 is 10.2. The molecule has 1 aliphatic heterocycles. The van der Waals surface area contributed by atoms with E-state index in [-0.39, 0.29) is 11.9 Å². The number of aromatic nitrogens is 1. The fraction of sp³-hybridized carbons (Fsp3) is 0.467. The molecule has 2 atom stereocenters. The van der Waals surface area contributed by atoms with Crippen LogP contribution in [0, 0.1) is 6.92 Å². The highest BCUT2D eigenvalue weighted by Crippen LogP contribution is 2.28. The van der Waals surface area contributed by atoms with E-state index in [0.717, 1.165) is 12.8 Å². The molecule has 1 amide bonds. The number of carbonyl (C=O) groups excluding carboxylic acids is 1. The number of furan rings is 1. The van der Waals surface area contributed by atoms with Gasteiger partial charge in [0.1, 0.15) is 17.6 Å². The third-order valence-electron chi connectivity index (χ3n) is 3.85. The number of amides is 1. The van der Waals surface area contributed by atoms with Crippen molar-refractivity contribution in [2.45, 2.75) is 38.3 Å². The minimum Gasteiger partial charge on any atom is -0.467 e. The number of aryl methyl sites for hydroxylation is 1. The first-order valence-electron chi connectivity index (χ1n) is 7.11. The van der Waals surface area contributed by atoms with Gasteiger partial charge in [0.25, 0.3) is 5.91 Å². The van der Waals surface area contributed by atoms with Crippen LogP contribution in [-0.2, 0) is 0 Å². The zero-order valence-electron chi connectivity index (χ0n) is 11.9. The molecule has 6 nitrogen and oxygen atoms in total. The van der Waals surface area contributed by atoms with Crippen molar-refractivity contribution < 1.29 is 18.8 Å². The smallest absolute Gasteiger partial charge is 0.276 e. The molecule has 0 bridgehead atoms. The quantitative estimate of drug-likeness (QED) is 0.934. The highest BCUT2D eigenvalue weighted by Gasteiger charge is 2.33. The standard InChI is InChI=1S/C15H18N2O4/c1-10-8-12(16-21-10)15(19)17-6-2-4-11(17)9-13(18)14-5-3-7-20-14/h3,5,7-8,11,13,18H,2,4,6,9H2,1H3. The van der Waals surface area contributed by atoms with E-state index in [4.69, 9.17) is 8.94 Å². The van der Waals surface area contributed by atoms with Gasteiger partial charge < -0.3 is 18.9 Å². The van der Waals surface area contributed by atoms with Gasteiger partial charge in [0, 0.05) is 25.1 Å². The van der Waals surface area contributed by atoms with E-state index in [1.165, 1.54) is 6.26 Å². The number of hydrogen-bond acceptors (Lipinski definition) is 5. The lowest BCUT2D eigenvalue weighted by Gasteiger charge is -2.25. The van der Waals surface area contributed by atoms with Crippen LogP contribution < -0.4 is 0 Å². The predicted molar refractivity (Wildman–Crippen MR) is 73.6 cm³/mol. The van der Waals surface area contributed by atoms with Crippen LogP contribution in [0.2, 0.25) is 0 Å². The number of carbonyl (C=O) groups is 1. The fourth-order valence-corrected chi connectivity index (χ4v) is 2.82. The van der Waals surface area contributed by atoms with Crippen LogP contribution in [0.1, 0.15) is 47.4 Å². The second-order valence-corrected chi connectivity index (χ2v) is 5.38. The SMILES string of the molecule is Cc1cc(C(=O)N2CCCC2CC(O)c2ccco2)no1. The van der Waals surface area contributed by atoms with Crippen LogP contribution in [0.15, 0.2) is 33.4 Å². The van der Waals surface area contributed by atoms with Gasteiger partial charge in [-0.25, -0.2) is 0 Å². The van der Waals surface area contributed by atoms with Crippen molar-refractivity contribution >= 4 is 5.91 Å². The maximum atomic E-state index is 12.4. The first kappa shape index (κ1) is 13.9. The lowest BCUT2D eigenvalue weighted by Crippen LogP contribution is -2.36. The summed E-state index contributed by atoms with van der Waals surface area (Å²) in [6.45, 7) is 2.44. The Morgan fingerprint density at radius 2 is 2.48 bits per heavy atom. The summed E-state index contributed by atoms with van der Waals surface area (Å²) in [5.41, 5.74) is 0.326. The molecule has 0 aliphatic carbocycles. The Morgan fingerprint density at radius 1 is 1.62 bits per heavy atom. The largest absolute Gasteiger partial charge is 0.467 e. The Balaban J connectivity index is 1.69. The van der Waals surface area contributed by atoms with Crippen LogP contribution in [0.25, 0.3) is 0 Å². The molecular formula is C15H18N2O4. The van der Waals surface area contributed by atoms with Gasteiger partial charge in [0.05, 0.1) is 6.26 Å². The topological polar surface area (TPSA) is 79.7 Å². The van der Waals surface area contributed by atoms with Gasteiger partial charge in [-0.2, -0.15) is 0 Å². The fourth-order valence-electron chi connectivity index (χ4n) is 2.82. The second kappa shape index (κ2) is 5.73. The second-order valence-electron chi connectivity index (χ2n) is 5.38. The van der Waals surface area contributed by atoms with Gasteiger partial charge in [-0.1, -0.05) is 5.16 Å². The van der Waals surface area contributed by atoms with E-state index < -0.39 is 6.10 Å². The molecule has 1 aliphatic rings. The van der Waals surface area contributed by atoms with Crippen molar-refractivity contribution in [1.82, 2.24) is 10.1 Å². The minimum absolute atomic E-state index is 0.00499. The van der Waals surface area contributed by atoms with Crippen molar-refractivity contribution in [3.8, 4) is 0 Å².